The van der Waals surface area contributed by atoms with E-state index in [1.807, 2.05) is 58.7 Å². The van der Waals surface area contributed by atoms with Crippen molar-refractivity contribution >= 4 is 22.1 Å². The van der Waals surface area contributed by atoms with Gasteiger partial charge in [0.05, 0.1) is 12.4 Å². The zero-order chi connectivity index (χ0) is 25.1. The minimum Gasteiger partial charge on any atom is -0.346 e. The van der Waals surface area contributed by atoms with Gasteiger partial charge < -0.3 is 9.97 Å². The van der Waals surface area contributed by atoms with Crippen LogP contribution in [0.4, 0.5) is 0 Å². The van der Waals surface area contributed by atoms with Crippen LogP contribution in [-0.2, 0) is 0 Å². The summed E-state index contributed by atoms with van der Waals surface area (Å²) in [7, 11) is 0. The highest BCUT2D eigenvalue weighted by molar-refractivity contribution is 5.93. The molecule has 0 amide bonds. The molecular weight excluding hydrogens is 448 g/mol. The first-order valence-corrected chi connectivity index (χ1v) is 12.5. The van der Waals surface area contributed by atoms with Gasteiger partial charge in [0.2, 0.25) is 0 Å². The lowest BCUT2D eigenvalue weighted by Crippen LogP contribution is -2.03. The number of pyridine rings is 2. The third kappa shape index (κ3) is 4.54. The van der Waals surface area contributed by atoms with Crippen molar-refractivity contribution in [3.63, 3.8) is 0 Å². The molecule has 0 aromatic carbocycles. The number of aromatic amines is 2. The number of nitrogens with zero attached hydrogens (tertiary/aromatic N) is 6. The Labute approximate surface area is 210 Å². The Bertz CT molecular complexity index is 1450. The molecule has 0 aliphatic carbocycles. The Morgan fingerprint density at radius 3 is 1.56 bits per heavy atom. The van der Waals surface area contributed by atoms with Crippen molar-refractivity contribution in [2.75, 3.05) is 0 Å². The molecule has 2 N–H and O–H groups in total. The van der Waals surface area contributed by atoms with E-state index in [-0.39, 0.29) is 0 Å². The zero-order valence-electron chi connectivity index (χ0n) is 21.2. The lowest BCUT2D eigenvalue weighted by Gasteiger charge is -2.07. The maximum Gasteiger partial charge on any atom is 0.137 e. The van der Waals surface area contributed by atoms with Crippen molar-refractivity contribution in [1.29, 1.82) is 0 Å². The summed E-state index contributed by atoms with van der Waals surface area (Å²) >= 11 is 0. The quantitative estimate of drug-likeness (QED) is 0.274. The third-order valence-corrected chi connectivity index (χ3v) is 6.83. The molecule has 0 bridgehead atoms. The molecule has 184 valence electrons. The number of fused-ring (bicyclic) bond motifs is 2. The molecule has 6 rings (SSSR count). The average Bonchev–Trinajstić information content (AvgIpc) is 3.73. The highest BCUT2D eigenvalue weighted by atomic mass is 15.3. The number of aromatic nitrogens is 8. The number of H-pyrrole nitrogens is 2. The fourth-order valence-electron chi connectivity index (χ4n) is 4.24. The Kier molecular flexibility index (Phi) is 6.66. The number of rotatable bonds is 6. The molecule has 2 atom stereocenters. The maximum atomic E-state index is 4.44. The monoisotopic (exact) mass is 480 g/mol. The van der Waals surface area contributed by atoms with Crippen molar-refractivity contribution in [2.24, 2.45) is 0 Å². The van der Waals surface area contributed by atoms with Crippen molar-refractivity contribution in [1.82, 2.24) is 39.5 Å². The highest BCUT2D eigenvalue weighted by Gasteiger charge is 2.11. The molecule has 6 heterocycles. The first-order valence-electron chi connectivity index (χ1n) is 12.5. The molecular formula is C28H32N8. The number of hydrogen-bond acceptors (Lipinski definition) is 4. The molecule has 0 radical (unpaired) electrons. The van der Waals surface area contributed by atoms with Crippen LogP contribution < -0.4 is 0 Å². The van der Waals surface area contributed by atoms with E-state index in [1.165, 1.54) is 11.1 Å². The van der Waals surface area contributed by atoms with Gasteiger partial charge in [-0.3, -0.25) is 9.36 Å². The van der Waals surface area contributed by atoms with Gasteiger partial charge in [0.15, 0.2) is 0 Å². The summed E-state index contributed by atoms with van der Waals surface area (Å²) in [5.41, 5.74) is 6.48. The van der Waals surface area contributed by atoms with E-state index in [2.05, 4.69) is 82.4 Å². The molecule has 0 fully saturated rings. The predicted molar refractivity (Wildman–Crippen MR) is 145 cm³/mol. The van der Waals surface area contributed by atoms with E-state index in [9.17, 15) is 0 Å². The second-order valence-corrected chi connectivity index (χ2v) is 9.13. The van der Waals surface area contributed by atoms with Gasteiger partial charge >= 0.3 is 0 Å². The SMILES string of the molecule is CC[C@@H](C)n1cc(-c2ccnc3[nH]ccc23)cn1.CC[C@H](C)n1cc(-c2ccnc3[nH]ccc23)cn1. The highest BCUT2D eigenvalue weighted by Crippen LogP contribution is 2.28. The molecule has 0 unspecified atom stereocenters. The molecule has 0 saturated carbocycles. The van der Waals surface area contributed by atoms with Gasteiger partial charge in [-0.05, 0) is 62.1 Å². The van der Waals surface area contributed by atoms with Crippen molar-refractivity contribution in [3.8, 4) is 22.3 Å². The molecule has 8 nitrogen and oxygen atoms in total. The van der Waals surface area contributed by atoms with E-state index in [1.54, 1.807) is 0 Å². The van der Waals surface area contributed by atoms with Crippen LogP contribution in [0.15, 0.2) is 73.8 Å². The van der Waals surface area contributed by atoms with E-state index < -0.39 is 0 Å². The molecule has 8 heteroatoms. The van der Waals surface area contributed by atoms with Gasteiger partial charge in [-0.1, -0.05) is 13.8 Å². The van der Waals surface area contributed by atoms with Gasteiger partial charge in [0, 0.05) is 71.2 Å². The Morgan fingerprint density at radius 2 is 1.14 bits per heavy atom. The van der Waals surface area contributed by atoms with Crippen molar-refractivity contribution in [2.45, 2.75) is 52.6 Å². The third-order valence-electron chi connectivity index (χ3n) is 6.83. The van der Waals surface area contributed by atoms with Gasteiger partial charge in [-0.15, -0.1) is 0 Å². The van der Waals surface area contributed by atoms with E-state index >= 15 is 0 Å². The first-order chi connectivity index (χ1) is 17.6. The number of hydrogen-bond donors (Lipinski definition) is 2. The maximum absolute atomic E-state index is 4.44. The normalized spacial score (nSPS) is 13.0. The van der Waals surface area contributed by atoms with Crippen LogP contribution in [0.3, 0.4) is 0 Å². The predicted octanol–water partition coefficient (Wildman–Crippen LogP) is 6.79. The second kappa shape index (κ2) is 10.2. The van der Waals surface area contributed by atoms with E-state index in [4.69, 9.17) is 0 Å². The molecule has 0 aliphatic heterocycles. The first kappa shape index (κ1) is 23.5. The summed E-state index contributed by atoms with van der Waals surface area (Å²) in [5, 5.41) is 11.2. The van der Waals surface area contributed by atoms with Crippen LogP contribution in [0.5, 0.6) is 0 Å². The summed E-state index contributed by atoms with van der Waals surface area (Å²) in [5.74, 6) is 0. The Hall–Kier alpha value is -4.20. The summed E-state index contributed by atoms with van der Waals surface area (Å²) in [6.07, 6.45) is 17.7. The fourth-order valence-corrected chi connectivity index (χ4v) is 4.24. The topological polar surface area (TPSA) is 93.0 Å². The van der Waals surface area contributed by atoms with Crippen LogP contribution in [-0.4, -0.2) is 39.5 Å². The molecule has 36 heavy (non-hydrogen) atoms. The van der Waals surface area contributed by atoms with Crippen LogP contribution in [0.25, 0.3) is 44.3 Å². The summed E-state index contributed by atoms with van der Waals surface area (Å²) in [6.45, 7) is 8.69. The molecule has 6 aromatic heterocycles. The summed E-state index contributed by atoms with van der Waals surface area (Å²) in [4.78, 5) is 14.9. The number of nitrogens with one attached hydrogen (secondary N) is 2. The molecule has 6 aromatic rings. The van der Waals surface area contributed by atoms with Gasteiger partial charge in [-0.25, -0.2) is 9.97 Å². The zero-order valence-corrected chi connectivity index (χ0v) is 21.2. The van der Waals surface area contributed by atoms with Gasteiger partial charge in [0.1, 0.15) is 11.3 Å². The van der Waals surface area contributed by atoms with Crippen LogP contribution in [0.2, 0.25) is 0 Å². The van der Waals surface area contributed by atoms with Crippen LogP contribution in [0, 0.1) is 0 Å². The molecule has 0 spiro atoms. The summed E-state index contributed by atoms with van der Waals surface area (Å²) in [6, 6.07) is 9.04. The molecule has 0 aliphatic rings. The molecule has 0 saturated heterocycles. The standard InChI is InChI=1S/2C14H16N4/c2*1-3-10(2)18-9-11(8-17-18)12-4-6-15-14-13(12)5-7-16-14/h2*4-10H,3H2,1-2H3,(H,15,16)/t2*10-/m10/s1. The Morgan fingerprint density at radius 1 is 0.694 bits per heavy atom. The van der Waals surface area contributed by atoms with Gasteiger partial charge in [0.25, 0.3) is 0 Å². The fraction of sp³-hybridized carbons (Fsp3) is 0.286. The van der Waals surface area contributed by atoms with E-state index in [0.29, 0.717) is 12.1 Å². The smallest absolute Gasteiger partial charge is 0.137 e. The van der Waals surface area contributed by atoms with Gasteiger partial charge in [-0.2, -0.15) is 10.2 Å². The van der Waals surface area contributed by atoms with Crippen molar-refractivity contribution < 1.29 is 0 Å². The lowest BCUT2D eigenvalue weighted by atomic mass is 10.1. The Balaban J connectivity index is 0.000000148. The van der Waals surface area contributed by atoms with Crippen LogP contribution in [0.1, 0.15) is 52.6 Å². The lowest BCUT2D eigenvalue weighted by molar-refractivity contribution is 0.478. The summed E-state index contributed by atoms with van der Waals surface area (Å²) < 4.78 is 4.04. The average molecular weight is 481 g/mol. The van der Waals surface area contributed by atoms with E-state index in [0.717, 1.165) is 46.0 Å². The minimum absolute atomic E-state index is 0.433. The largest absolute Gasteiger partial charge is 0.346 e. The second-order valence-electron chi connectivity index (χ2n) is 9.13. The van der Waals surface area contributed by atoms with Crippen molar-refractivity contribution in [3.05, 3.63) is 73.8 Å². The van der Waals surface area contributed by atoms with Crippen LogP contribution >= 0.6 is 0 Å². The minimum atomic E-state index is 0.433.